The molecule has 9 nitrogen and oxygen atoms in total. The molecule has 28 heavy (non-hydrogen) atoms. The van der Waals surface area contributed by atoms with Gasteiger partial charge in [0.2, 0.25) is 17.4 Å². The number of nitrogens with one attached hydrogen (secondary N) is 1. The van der Waals surface area contributed by atoms with Crippen LogP contribution in [0.25, 0.3) is 11.1 Å². The molecule has 0 radical (unpaired) electrons. The van der Waals surface area contributed by atoms with E-state index in [1.807, 2.05) is 6.92 Å². The molecule has 0 fully saturated rings. The van der Waals surface area contributed by atoms with Crippen molar-refractivity contribution in [3.63, 3.8) is 0 Å². The summed E-state index contributed by atoms with van der Waals surface area (Å²) in [7, 11) is 1.50. The first-order valence-corrected chi connectivity index (χ1v) is 8.62. The van der Waals surface area contributed by atoms with E-state index in [1.165, 1.54) is 19.4 Å². The number of carbonyl (C=O) groups is 2. The summed E-state index contributed by atoms with van der Waals surface area (Å²) in [6.07, 6.45) is 0.685. The molecule has 9 heteroatoms. The Morgan fingerprint density at radius 3 is 2.61 bits per heavy atom. The predicted octanol–water partition coefficient (Wildman–Crippen LogP) is 3.43. The van der Waals surface area contributed by atoms with Gasteiger partial charge in [-0.25, -0.2) is 14.8 Å². The fraction of sp³-hybridized carbons (Fsp3) is 0.263. The number of nitrogens with zero attached hydrogens (tertiary/aromatic N) is 2. The van der Waals surface area contributed by atoms with E-state index in [0.717, 1.165) is 0 Å². The van der Waals surface area contributed by atoms with E-state index < -0.39 is 11.9 Å². The summed E-state index contributed by atoms with van der Waals surface area (Å²) < 4.78 is 21.0. The highest BCUT2D eigenvalue weighted by atomic mass is 16.5. The summed E-state index contributed by atoms with van der Waals surface area (Å²) in [5, 5.41) is 2.53. The maximum Gasteiger partial charge on any atom is 0.411 e. The lowest BCUT2D eigenvalue weighted by molar-refractivity contribution is 0.101. The molecule has 1 N–H and O–H groups in total. The molecule has 3 aromatic heterocycles. The molecule has 0 aliphatic carbocycles. The van der Waals surface area contributed by atoms with E-state index in [4.69, 9.17) is 18.6 Å². The van der Waals surface area contributed by atoms with Crippen molar-refractivity contribution in [1.82, 2.24) is 9.97 Å². The lowest BCUT2D eigenvalue weighted by Gasteiger charge is -2.06. The number of methoxy groups -OCH3 is 1. The minimum Gasteiger partial charge on any atom is -0.495 e. The molecular weight excluding hydrogens is 366 g/mol. The van der Waals surface area contributed by atoms with Crippen molar-refractivity contribution >= 4 is 28.7 Å². The summed E-state index contributed by atoms with van der Waals surface area (Å²) in [4.78, 5) is 33.3. The zero-order chi connectivity index (χ0) is 20.1. The van der Waals surface area contributed by atoms with Gasteiger partial charge in [0, 0.05) is 6.07 Å². The zero-order valence-electron chi connectivity index (χ0n) is 15.6. The summed E-state index contributed by atoms with van der Waals surface area (Å²) in [6.45, 7) is 4.08. The highest BCUT2D eigenvalue weighted by Gasteiger charge is 2.26. The number of furan rings is 1. The molecule has 0 saturated heterocycles. The van der Waals surface area contributed by atoms with Gasteiger partial charge in [-0.05, 0) is 32.0 Å². The van der Waals surface area contributed by atoms with Gasteiger partial charge >= 0.3 is 6.09 Å². The van der Waals surface area contributed by atoms with Crippen molar-refractivity contribution in [1.29, 1.82) is 0 Å². The molecule has 0 aromatic carbocycles. The molecule has 0 bridgehead atoms. The normalized spacial score (nSPS) is 10.5. The van der Waals surface area contributed by atoms with Crippen LogP contribution in [0.1, 0.15) is 30.1 Å². The van der Waals surface area contributed by atoms with Gasteiger partial charge in [0.1, 0.15) is 22.6 Å². The third-order valence-electron chi connectivity index (χ3n) is 3.71. The topological polar surface area (TPSA) is 113 Å². The number of aromatic nitrogens is 2. The maximum absolute atomic E-state index is 12.9. The Morgan fingerprint density at radius 2 is 1.96 bits per heavy atom. The van der Waals surface area contributed by atoms with Crippen LogP contribution in [0.5, 0.6) is 11.6 Å². The largest absolute Gasteiger partial charge is 0.495 e. The van der Waals surface area contributed by atoms with Crippen molar-refractivity contribution in [3.05, 3.63) is 41.9 Å². The molecule has 0 aliphatic rings. The van der Waals surface area contributed by atoms with Crippen LogP contribution >= 0.6 is 0 Å². The molecular formula is C19H19N3O6. The summed E-state index contributed by atoms with van der Waals surface area (Å²) in [6, 6.07) is 6.33. The van der Waals surface area contributed by atoms with Crippen LogP contribution in [0.15, 0.2) is 34.9 Å². The van der Waals surface area contributed by atoms with E-state index in [1.54, 1.807) is 25.1 Å². The fourth-order valence-electron chi connectivity index (χ4n) is 2.48. The Kier molecular flexibility index (Phi) is 5.73. The number of hydrogen-bond acceptors (Lipinski definition) is 8. The molecule has 0 unspecified atom stereocenters. The second-order valence-corrected chi connectivity index (χ2v) is 5.49. The predicted molar refractivity (Wildman–Crippen MR) is 100 cm³/mol. The summed E-state index contributed by atoms with van der Waals surface area (Å²) in [5.74, 6) is 0.214. The van der Waals surface area contributed by atoms with Gasteiger partial charge in [0.25, 0.3) is 0 Å². The van der Waals surface area contributed by atoms with Gasteiger partial charge in [-0.3, -0.25) is 10.1 Å². The number of rotatable bonds is 7. The Morgan fingerprint density at radius 1 is 1.14 bits per heavy atom. The van der Waals surface area contributed by atoms with Crippen molar-refractivity contribution < 1.29 is 28.2 Å². The van der Waals surface area contributed by atoms with Gasteiger partial charge in [-0.1, -0.05) is 0 Å². The molecule has 0 aliphatic heterocycles. The molecule has 3 aromatic rings. The van der Waals surface area contributed by atoms with Crippen LogP contribution in [-0.2, 0) is 4.74 Å². The Hall–Kier alpha value is -3.62. The number of fused-ring (bicyclic) bond motifs is 1. The molecule has 146 valence electrons. The van der Waals surface area contributed by atoms with Gasteiger partial charge in [0.05, 0.1) is 26.5 Å². The van der Waals surface area contributed by atoms with Crippen LogP contribution in [0.4, 0.5) is 10.5 Å². The molecule has 0 atom stereocenters. The highest BCUT2D eigenvalue weighted by Crippen LogP contribution is 2.32. The monoisotopic (exact) mass is 385 g/mol. The Balaban J connectivity index is 2.08. The average Bonchev–Trinajstić information content (AvgIpc) is 3.05. The Bertz CT molecular complexity index is 997. The third-order valence-corrected chi connectivity index (χ3v) is 3.71. The fourth-order valence-corrected chi connectivity index (χ4v) is 2.48. The number of amides is 1. The minimum absolute atomic E-state index is 0.0950. The van der Waals surface area contributed by atoms with E-state index in [0.29, 0.717) is 23.8 Å². The van der Waals surface area contributed by atoms with Gasteiger partial charge in [-0.2, -0.15) is 0 Å². The lowest BCUT2D eigenvalue weighted by Crippen LogP contribution is -2.16. The molecule has 0 spiro atoms. The van der Waals surface area contributed by atoms with Crippen LogP contribution in [-0.4, -0.2) is 42.2 Å². The smallest absolute Gasteiger partial charge is 0.411 e. The van der Waals surface area contributed by atoms with Crippen molar-refractivity contribution in [2.75, 3.05) is 25.6 Å². The highest BCUT2D eigenvalue weighted by molar-refractivity contribution is 6.15. The maximum atomic E-state index is 12.9. The van der Waals surface area contributed by atoms with Gasteiger partial charge < -0.3 is 18.6 Å². The van der Waals surface area contributed by atoms with Crippen molar-refractivity contribution in [2.45, 2.75) is 13.8 Å². The second-order valence-electron chi connectivity index (χ2n) is 5.49. The average molecular weight is 385 g/mol. The first-order chi connectivity index (χ1) is 13.6. The van der Waals surface area contributed by atoms with Crippen molar-refractivity contribution in [3.8, 4) is 11.6 Å². The quantitative estimate of drug-likeness (QED) is 0.616. The van der Waals surface area contributed by atoms with Crippen LogP contribution < -0.4 is 14.8 Å². The summed E-state index contributed by atoms with van der Waals surface area (Å²) >= 11 is 0. The number of ether oxygens (including phenoxy) is 3. The van der Waals surface area contributed by atoms with Crippen molar-refractivity contribution in [2.24, 2.45) is 0 Å². The number of pyridine rings is 2. The van der Waals surface area contributed by atoms with Gasteiger partial charge in [0.15, 0.2) is 5.58 Å². The zero-order valence-corrected chi connectivity index (χ0v) is 15.6. The van der Waals surface area contributed by atoms with E-state index in [-0.39, 0.29) is 29.3 Å². The standard InChI is InChI=1S/C19H19N3O6/c1-4-26-14-9-8-13-15(21-14)16(22-19(24)27-5-2)18(28-13)17(23)12-7-6-11(25-3)10-20-12/h6-10H,4-5H2,1-3H3,(H,22,24). The van der Waals surface area contributed by atoms with E-state index in [9.17, 15) is 9.59 Å². The van der Waals surface area contributed by atoms with Crippen LogP contribution in [0.2, 0.25) is 0 Å². The van der Waals surface area contributed by atoms with Gasteiger partial charge in [-0.15, -0.1) is 0 Å². The van der Waals surface area contributed by atoms with E-state index in [2.05, 4.69) is 15.3 Å². The molecule has 3 heterocycles. The summed E-state index contributed by atoms with van der Waals surface area (Å²) in [5.41, 5.74) is 0.803. The number of hydrogen-bond donors (Lipinski definition) is 1. The second kappa shape index (κ2) is 8.38. The number of carbonyl (C=O) groups excluding carboxylic acids is 2. The number of ketones is 1. The van der Waals surface area contributed by atoms with Crippen LogP contribution in [0, 0.1) is 0 Å². The number of anilines is 1. The molecule has 0 saturated carbocycles. The molecule has 1 amide bonds. The SMILES string of the molecule is CCOC(=O)Nc1c(C(=O)c2ccc(OC)cn2)oc2ccc(OCC)nc12. The molecule has 3 rings (SSSR count). The lowest BCUT2D eigenvalue weighted by atomic mass is 10.2. The Labute approximate surface area is 160 Å². The van der Waals surface area contributed by atoms with Crippen LogP contribution in [0.3, 0.4) is 0 Å². The first-order valence-electron chi connectivity index (χ1n) is 8.62. The minimum atomic E-state index is -0.731. The third kappa shape index (κ3) is 3.88. The first kappa shape index (κ1) is 19.2. The van der Waals surface area contributed by atoms with E-state index >= 15 is 0 Å².